The molecule has 0 saturated heterocycles. The molecule has 0 radical (unpaired) electrons. The van der Waals surface area contributed by atoms with Crippen molar-refractivity contribution in [2.24, 2.45) is 0 Å². The molecule has 1 saturated carbocycles. The van der Waals surface area contributed by atoms with Crippen molar-refractivity contribution < 1.29 is 9.52 Å². The quantitative estimate of drug-likeness (QED) is 0.754. The molecular weight excluding hydrogens is 242 g/mol. The van der Waals surface area contributed by atoms with E-state index in [0.717, 1.165) is 13.0 Å². The van der Waals surface area contributed by atoms with Crippen molar-refractivity contribution >= 4 is 17.6 Å². The Bertz CT molecular complexity index is 341. The van der Waals surface area contributed by atoms with Crippen LogP contribution < -0.4 is 4.90 Å². The van der Waals surface area contributed by atoms with Gasteiger partial charge < -0.3 is 14.4 Å². The third kappa shape index (κ3) is 3.10. The first-order valence-corrected chi connectivity index (χ1v) is 6.64. The highest BCUT2D eigenvalue weighted by Crippen LogP contribution is 2.28. The molecule has 17 heavy (non-hydrogen) atoms. The van der Waals surface area contributed by atoms with Crippen molar-refractivity contribution in [2.75, 3.05) is 23.9 Å². The van der Waals surface area contributed by atoms with E-state index in [0.29, 0.717) is 30.2 Å². The van der Waals surface area contributed by atoms with E-state index >= 15 is 0 Å². The lowest BCUT2D eigenvalue weighted by atomic mass is 9.91. The van der Waals surface area contributed by atoms with Crippen LogP contribution >= 0.6 is 11.6 Å². The Labute approximate surface area is 106 Å². The molecule has 1 N–H and O–H groups in total. The minimum absolute atomic E-state index is 0.186. The zero-order chi connectivity index (χ0) is 12.1. The van der Waals surface area contributed by atoms with Gasteiger partial charge in [0.2, 0.25) is 5.89 Å². The van der Waals surface area contributed by atoms with Crippen LogP contribution in [0.2, 0.25) is 0 Å². The molecule has 0 aliphatic heterocycles. The summed E-state index contributed by atoms with van der Waals surface area (Å²) in [4.78, 5) is 2.12. The molecule has 96 valence electrons. The van der Waals surface area contributed by atoms with Gasteiger partial charge in [-0.15, -0.1) is 16.7 Å². The fourth-order valence-electron chi connectivity index (χ4n) is 1.92. The van der Waals surface area contributed by atoms with Crippen LogP contribution in [0.1, 0.15) is 31.6 Å². The first kappa shape index (κ1) is 12.6. The van der Waals surface area contributed by atoms with E-state index < -0.39 is 0 Å². The van der Waals surface area contributed by atoms with Crippen LogP contribution in [0.5, 0.6) is 0 Å². The van der Waals surface area contributed by atoms with Crippen LogP contribution in [0, 0.1) is 0 Å². The predicted octanol–water partition coefficient (Wildman–Crippen LogP) is 1.59. The first-order chi connectivity index (χ1) is 8.35. The monoisotopic (exact) mass is 259 g/mol. The number of nitrogens with zero attached hydrogens (tertiary/aromatic N) is 3. The second kappa shape index (κ2) is 6.21. The Morgan fingerprint density at radius 1 is 1.41 bits per heavy atom. The normalized spacial score (nSPS) is 15.9. The topological polar surface area (TPSA) is 62.4 Å². The highest BCUT2D eigenvalue weighted by Gasteiger charge is 2.28. The fraction of sp³-hybridized carbons (Fsp3) is 0.818. The van der Waals surface area contributed by atoms with Gasteiger partial charge in [-0.1, -0.05) is 5.10 Å². The van der Waals surface area contributed by atoms with Gasteiger partial charge in [0.25, 0.3) is 0 Å². The van der Waals surface area contributed by atoms with Crippen molar-refractivity contribution in [2.45, 2.75) is 38.1 Å². The first-order valence-electron chi connectivity index (χ1n) is 6.11. The van der Waals surface area contributed by atoms with Crippen LogP contribution in [-0.2, 0) is 6.42 Å². The molecule has 5 nitrogen and oxygen atoms in total. The molecule has 0 atom stereocenters. The van der Waals surface area contributed by atoms with E-state index in [2.05, 4.69) is 15.1 Å². The largest absolute Gasteiger partial charge is 0.408 e. The summed E-state index contributed by atoms with van der Waals surface area (Å²) in [6.45, 7) is 0.954. The number of aryl methyl sites for hydroxylation is 1. The summed E-state index contributed by atoms with van der Waals surface area (Å²) in [7, 11) is 0. The summed E-state index contributed by atoms with van der Waals surface area (Å²) in [6.07, 6.45) is 4.91. The van der Waals surface area contributed by atoms with Crippen molar-refractivity contribution in [3.05, 3.63) is 5.89 Å². The van der Waals surface area contributed by atoms with Crippen LogP contribution in [0.3, 0.4) is 0 Å². The molecule has 1 aromatic rings. The van der Waals surface area contributed by atoms with Crippen LogP contribution in [0.25, 0.3) is 0 Å². The van der Waals surface area contributed by atoms with Gasteiger partial charge >= 0.3 is 6.01 Å². The number of aliphatic hydroxyl groups excluding tert-OH is 1. The average molecular weight is 260 g/mol. The lowest BCUT2D eigenvalue weighted by Crippen LogP contribution is -2.41. The smallest absolute Gasteiger partial charge is 0.318 e. The van der Waals surface area contributed by atoms with Gasteiger partial charge in [0.05, 0.1) is 0 Å². The summed E-state index contributed by atoms with van der Waals surface area (Å²) in [5, 5.41) is 16.9. The highest BCUT2D eigenvalue weighted by molar-refractivity contribution is 6.17. The third-order valence-corrected chi connectivity index (χ3v) is 3.27. The number of anilines is 1. The lowest BCUT2D eigenvalue weighted by Gasteiger charge is -2.36. The molecule has 1 fully saturated rings. The van der Waals surface area contributed by atoms with Gasteiger partial charge in [0, 0.05) is 31.5 Å². The zero-order valence-corrected chi connectivity index (χ0v) is 10.6. The van der Waals surface area contributed by atoms with Gasteiger partial charge in [0.1, 0.15) is 0 Å². The number of hydrogen-bond acceptors (Lipinski definition) is 5. The van der Waals surface area contributed by atoms with E-state index in [9.17, 15) is 0 Å². The van der Waals surface area contributed by atoms with Gasteiger partial charge in [0.15, 0.2) is 0 Å². The molecule has 1 aliphatic rings. The van der Waals surface area contributed by atoms with Gasteiger partial charge in [-0.3, -0.25) is 0 Å². The molecule has 1 aromatic heterocycles. The molecule has 0 unspecified atom stereocenters. The fourth-order valence-corrected chi connectivity index (χ4v) is 2.08. The van der Waals surface area contributed by atoms with E-state index in [-0.39, 0.29) is 6.61 Å². The van der Waals surface area contributed by atoms with Gasteiger partial charge in [-0.2, -0.15) is 0 Å². The predicted molar refractivity (Wildman–Crippen MR) is 65.4 cm³/mol. The Balaban J connectivity index is 2.01. The minimum Gasteiger partial charge on any atom is -0.408 e. The third-order valence-electron chi connectivity index (χ3n) is 3.08. The summed E-state index contributed by atoms with van der Waals surface area (Å²) >= 11 is 5.64. The molecule has 1 aliphatic carbocycles. The maximum absolute atomic E-state index is 8.91. The maximum Gasteiger partial charge on any atom is 0.318 e. The van der Waals surface area contributed by atoms with Crippen LogP contribution in [0.15, 0.2) is 4.42 Å². The average Bonchev–Trinajstić information content (AvgIpc) is 2.70. The number of halogens is 1. The molecular formula is C11H18ClN3O2. The lowest BCUT2D eigenvalue weighted by molar-refractivity contribution is 0.279. The summed E-state index contributed by atoms with van der Waals surface area (Å²) < 4.78 is 5.58. The molecule has 0 aromatic carbocycles. The maximum atomic E-state index is 8.91. The van der Waals surface area contributed by atoms with E-state index in [1.165, 1.54) is 19.3 Å². The van der Waals surface area contributed by atoms with E-state index in [4.69, 9.17) is 21.1 Å². The number of alkyl halides is 1. The molecule has 6 heteroatoms. The second-order valence-electron chi connectivity index (χ2n) is 4.27. The molecule has 0 spiro atoms. The zero-order valence-electron chi connectivity index (χ0n) is 9.81. The standard InChI is InChI=1S/C11H18ClN3O2/c12-6-5-10-13-14-11(17-10)15(7-2-8-16)9-3-1-4-9/h9,16H,1-8H2. The summed E-state index contributed by atoms with van der Waals surface area (Å²) in [6, 6.07) is 1.06. The Morgan fingerprint density at radius 3 is 2.82 bits per heavy atom. The SMILES string of the molecule is OCCCN(c1nnc(CCCl)o1)C1CCC1. The van der Waals surface area contributed by atoms with Gasteiger partial charge in [-0.25, -0.2) is 0 Å². The Kier molecular flexibility index (Phi) is 4.62. The van der Waals surface area contributed by atoms with E-state index in [1.54, 1.807) is 0 Å². The van der Waals surface area contributed by atoms with Crippen molar-refractivity contribution in [3.63, 3.8) is 0 Å². The number of aliphatic hydroxyl groups is 1. The number of aromatic nitrogens is 2. The van der Waals surface area contributed by atoms with E-state index in [1.807, 2.05) is 0 Å². The van der Waals surface area contributed by atoms with Crippen LogP contribution in [0.4, 0.5) is 6.01 Å². The Morgan fingerprint density at radius 2 is 2.24 bits per heavy atom. The number of hydrogen-bond donors (Lipinski definition) is 1. The van der Waals surface area contributed by atoms with Crippen LogP contribution in [-0.4, -0.2) is 40.4 Å². The number of rotatable bonds is 7. The molecule has 0 bridgehead atoms. The highest BCUT2D eigenvalue weighted by atomic mass is 35.5. The van der Waals surface area contributed by atoms with Crippen molar-refractivity contribution in [3.8, 4) is 0 Å². The molecule has 1 heterocycles. The second-order valence-corrected chi connectivity index (χ2v) is 4.65. The van der Waals surface area contributed by atoms with Crippen molar-refractivity contribution in [1.82, 2.24) is 10.2 Å². The molecule has 0 amide bonds. The molecule has 2 rings (SSSR count). The minimum atomic E-state index is 0.186. The summed E-state index contributed by atoms with van der Waals surface area (Å²) in [5.74, 6) is 1.07. The van der Waals surface area contributed by atoms with Crippen molar-refractivity contribution in [1.29, 1.82) is 0 Å². The Hall–Kier alpha value is -0.810. The summed E-state index contributed by atoms with van der Waals surface area (Å²) in [5.41, 5.74) is 0. The van der Waals surface area contributed by atoms with Gasteiger partial charge in [-0.05, 0) is 25.7 Å².